The molecule has 0 spiro atoms. The number of nitrogens with zero attached hydrogens (tertiary/aromatic N) is 3. The number of nitro benzene ring substituents is 1. The quantitative estimate of drug-likeness (QED) is 0.627. The molecule has 6 nitrogen and oxygen atoms in total. The van der Waals surface area contributed by atoms with E-state index in [0.717, 1.165) is 43.6 Å². The molecule has 0 bridgehead atoms. The van der Waals surface area contributed by atoms with Gasteiger partial charge in [-0.3, -0.25) is 19.5 Å². The molecule has 0 amide bonds. The van der Waals surface area contributed by atoms with Gasteiger partial charge in [0.1, 0.15) is 5.82 Å². The molecule has 21 heavy (non-hydrogen) atoms. The molecule has 1 aliphatic heterocycles. The van der Waals surface area contributed by atoms with Crippen LogP contribution in [0.5, 0.6) is 0 Å². The van der Waals surface area contributed by atoms with Crippen LogP contribution in [-0.4, -0.2) is 14.5 Å². The Hall–Kier alpha value is -2.50. The van der Waals surface area contributed by atoms with E-state index in [1.54, 1.807) is 16.7 Å². The minimum atomic E-state index is -0.441. The normalized spacial score (nSPS) is 14.3. The fraction of sp³-hybridized carbons (Fsp3) is 0.333. The second-order valence-electron chi connectivity index (χ2n) is 5.16. The Balaban J connectivity index is 2.03. The molecular weight excluding hydrogens is 270 g/mol. The van der Waals surface area contributed by atoms with Gasteiger partial charge >= 0.3 is 0 Å². The van der Waals surface area contributed by atoms with Gasteiger partial charge in [-0.25, -0.2) is 4.98 Å². The summed E-state index contributed by atoms with van der Waals surface area (Å²) in [6, 6.07) is 7.64. The highest BCUT2D eigenvalue weighted by Crippen LogP contribution is 2.21. The van der Waals surface area contributed by atoms with Crippen LogP contribution in [0.15, 0.2) is 35.1 Å². The molecule has 0 radical (unpaired) electrons. The molecule has 1 aromatic heterocycles. The molecular formula is C15H15N3O3. The van der Waals surface area contributed by atoms with Crippen LogP contribution >= 0.6 is 0 Å². The van der Waals surface area contributed by atoms with Crippen LogP contribution in [0.3, 0.4) is 0 Å². The van der Waals surface area contributed by atoms with E-state index >= 15 is 0 Å². The van der Waals surface area contributed by atoms with Gasteiger partial charge in [0.2, 0.25) is 0 Å². The van der Waals surface area contributed by atoms with Crippen molar-refractivity contribution >= 4 is 5.69 Å². The van der Waals surface area contributed by atoms with E-state index in [1.165, 1.54) is 18.2 Å². The van der Waals surface area contributed by atoms with Crippen molar-refractivity contribution in [3.63, 3.8) is 0 Å². The van der Waals surface area contributed by atoms with Crippen LogP contribution in [0.4, 0.5) is 5.69 Å². The topological polar surface area (TPSA) is 78.0 Å². The van der Waals surface area contributed by atoms with Crippen molar-refractivity contribution in [2.75, 3.05) is 0 Å². The fourth-order valence-corrected chi connectivity index (χ4v) is 2.62. The minimum Gasteiger partial charge on any atom is -0.297 e. The summed E-state index contributed by atoms with van der Waals surface area (Å²) in [5.41, 5.74) is 1.30. The van der Waals surface area contributed by atoms with Crippen molar-refractivity contribution in [3.05, 3.63) is 56.6 Å². The van der Waals surface area contributed by atoms with E-state index < -0.39 is 4.92 Å². The molecule has 2 aromatic rings. The lowest BCUT2D eigenvalue weighted by molar-refractivity contribution is -0.384. The van der Waals surface area contributed by atoms with Crippen molar-refractivity contribution in [1.29, 1.82) is 0 Å². The molecule has 3 rings (SSSR count). The summed E-state index contributed by atoms with van der Waals surface area (Å²) in [7, 11) is 0. The number of aryl methyl sites for hydroxylation is 1. The molecule has 1 aromatic carbocycles. The predicted molar refractivity (Wildman–Crippen MR) is 78.1 cm³/mol. The van der Waals surface area contributed by atoms with Crippen LogP contribution in [0.1, 0.15) is 25.1 Å². The highest BCUT2D eigenvalue weighted by atomic mass is 16.6. The summed E-state index contributed by atoms with van der Waals surface area (Å²) >= 11 is 0. The number of aromatic nitrogens is 2. The zero-order chi connectivity index (χ0) is 14.8. The standard InChI is InChI=1S/C15H15N3O3/c19-15-10-13(11-5-7-12(8-6-11)18(20)21)16-14-4-2-1-3-9-17(14)15/h5-8,10H,1-4,9H2. The molecule has 0 atom stereocenters. The molecule has 0 fully saturated rings. The lowest BCUT2D eigenvalue weighted by atomic mass is 10.1. The van der Waals surface area contributed by atoms with Crippen LogP contribution in [0, 0.1) is 10.1 Å². The van der Waals surface area contributed by atoms with Crippen molar-refractivity contribution < 1.29 is 4.92 Å². The first-order valence-corrected chi connectivity index (χ1v) is 7.01. The number of fused-ring (bicyclic) bond motifs is 1. The van der Waals surface area contributed by atoms with Crippen LogP contribution in [0.2, 0.25) is 0 Å². The van der Waals surface area contributed by atoms with Crippen molar-refractivity contribution in [3.8, 4) is 11.3 Å². The molecule has 0 saturated heterocycles. The first-order valence-electron chi connectivity index (χ1n) is 7.01. The number of hydrogen-bond donors (Lipinski definition) is 0. The Morgan fingerprint density at radius 1 is 1.14 bits per heavy atom. The maximum atomic E-state index is 12.2. The number of rotatable bonds is 2. The van der Waals surface area contributed by atoms with Crippen molar-refractivity contribution in [1.82, 2.24) is 9.55 Å². The molecule has 0 unspecified atom stereocenters. The first-order chi connectivity index (χ1) is 10.1. The third-order valence-electron chi connectivity index (χ3n) is 3.74. The van der Waals surface area contributed by atoms with Gasteiger partial charge in [-0.15, -0.1) is 0 Å². The van der Waals surface area contributed by atoms with E-state index in [1.807, 2.05) is 0 Å². The molecule has 6 heteroatoms. The molecule has 108 valence electrons. The highest BCUT2D eigenvalue weighted by Gasteiger charge is 2.13. The summed E-state index contributed by atoms with van der Waals surface area (Å²) in [6.07, 6.45) is 3.95. The molecule has 0 aliphatic carbocycles. The summed E-state index contributed by atoms with van der Waals surface area (Å²) in [4.78, 5) is 27.0. The Morgan fingerprint density at radius 3 is 2.62 bits per heavy atom. The number of hydrogen-bond acceptors (Lipinski definition) is 4. The average molecular weight is 285 g/mol. The molecule has 2 heterocycles. The third-order valence-corrected chi connectivity index (χ3v) is 3.74. The summed E-state index contributed by atoms with van der Waals surface area (Å²) in [5, 5.41) is 10.7. The fourth-order valence-electron chi connectivity index (χ4n) is 2.62. The minimum absolute atomic E-state index is 0.0326. The van der Waals surface area contributed by atoms with Gasteiger partial charge in [0, 0.05) is 36.7 Å². The largest absolute Gasteiger partial charge is 0.297 e. The van der Waals surface area contributed by atoms with Crippen LogP contribution in [-0.2, 0) is 13.0 Å². The monoisotopic (exact) mass is 285 g/mol. The summed E-state index contributed by atoms with van der Waals surface area (Å²) in [5.74, 6) is 0.813. The van der Waals surface area contributed by atoms with Crippen LogP contribution < -0.4 is 5.56 Å². The van der Waals surface area contributed by atoms with E-state index in [-0.39, 0.29) is 11.2 Å². The zero-order valence-corrected chi connectivity index (χ0v) is 11.5. The Bertz CT molecular complexity index is 735. The van der Waals surface area contributed by atoms with E-state index in [2.05, 4.69) is 4.98 Å². The summed E-state index contributed by atoms with van der Waals surface area (Å²) in [6.45, 7) is 0.724. The summed E-state index contributed by atoms with van der Waals surface area (Å²) < 4.78 is 1.74. The van der Waals surface area contributed by atoms with Gasteiger partial charge in [0.15, 0.2) is 0 Å². The van der Waals surface area contributed by atoms with Gasteiger partial charge in [-0.1, -0.05) is 6.42 Å². The maximum Gasteiger partial charge on any atom is 0.269 e. The number of non-ortho nitro benzene ring substituents is 1. The lowest BCUT2D eigenvalue weighted by Gasteiger charge is -2.10. The van der Waals surface area contributed by atoms with Crippen molar-refractivity contribution in [2.24, 2.45) is 0 Å². The lowest BCUT2D eigenvalue weighted by Crippen LogP contribution is -2.23. The number of benzene rings is 1. The van der Waals surface area contributed by atoms with Gasteiger partial charge in [0.25, 0.3) is 11.2 Å². The van der Waals surface area contributed by atoms with Crippen molar-refractivity contribution in [2.45, 2.75) is 32.2 Å². The first kappa shape index (κ1) is 13.5. The van der Waals surface area contributed by atoms with Gasteiger partial charge in [-0.05, 0) is 25.0 Å². The Kier molecular flexibility index (Phi) is 3.51. The SMILES string of the molecule is O=c1cc(-c2ccc([N+](=O)[O-])cc2)nc2n1CCCCC2. The van der Waals surface area contributed by atoms with E-state index in [9.17, 15) is 14.9 Å². The average Bonchev–Trinajstić information content (AvgIpc) is 2.73. The molecule has 0 saturated carbocycles. The van der Waals surface area contributed by atoms with E-state index in [0.29, 0.717) is 5.69 Å². The Morgan fingerprint density at radius 2 is 1.90 bits per heavy atom. The predicted octanol–water partition coefficient (Wildman–Crippen LogP) is 2.54. The second-order valence-corrected chi connectivity index (χ2v) is 5.16. The highest BCUT2D eigenvalue weighted by molar-refractivity contribution is 5.60. The zero-order valence-electron chi connectivity index (χ0n) is 11.5. The molecule has 0 N–H and O–H groups in total. The maximum absolute atomic E-state index is 12.2. The van der Waals surface area contributed by atoms with Gasteiger partial charge in [0.05, 0.1) is 10.6 Å². The smallest absolute Gasteiger partial charge is 0.269 e. The second kappa shape index (κ2) is 5.47. The van der Waals surface area contributed by atoms with Crippen LogP contribution in [0.25, 0.3) is 11.3 Å². The van der Waals surface area contributed by atoms with E-state index in [4.69, 9.17) is 0 Å². The molecule has 1 aliphatic rings. The van der Waals surface area contributed by atoms with Gasteiger partial charge < -0.3 is 0 Å². The van der Waals surface area contributed by atoms with Gasteiger partial charge in [-0.2, -0.15) is 0 Å². The third kappa shape index (κ3) is 2.69. The number of nitro groups is 1. The Labute approximate surface area is 121 Å².